The predicted octanol–water partition coefficient (Wildman–Crippen LogP) is 0.668. The molecule has 1 rings (SSSR count). The lowest BCUT2D eigenvalue weighted by Crippen LogP contribution is -2.37. The second-order valence-corrected chi connectivity index (χ2v) is 3.67. The molecule has 0 fully saturated rings. The quantitative estimate of drug-likeness (QED) is 0.710. The molecular weight excluding hydrogens is 216 g/mol. The molecule has 0 aliphatic rings. The molecule has 2 atom stereocenters. The van der Waals surface area contributed by atoms with E-state index < -0.39 is 12.1 Å². The minimum absolute atomic E-state index is 0.177. The Hall–Kier alpha value is -0.810. The summed E-state index contributed by atoms with van der Waals surface area (Å²) in [4.78, 5) is 0. The van der Waals surface area contributed by atoms with Crippen molar-refractivity contribution in [2.24, 2.45) is 11.5 Å². The van der Waals surface area contributed by atoms with Crippen LogP contribution < -0.4 is 16.2 Å². The molecule has 5 heteroatoms. The number of halogens is 1. The van der Waals surface area contributed by atoms with Gasteiger partial charge < -0.3 is 21.3 Å². The highest BCUT2D eigenvalue weighted by atomic mass is 35.5. The molecule has 5 N–H and O–H groups in total. The first-order valence-corrected chi connectivity index (χ1v) is 4.93. The van der Waals surface area contributed by atoms with E-state index in [-0.39, 0.29) is 6.61 Å². The second-order valence-electron chi connectivity index (χ2n) is 3.26. The van der Waals surface area contributed by atoms with Crippen molar-refractivity contribution in [1.82, 2.24) is 0 Å². The van der Waals surface area contributed by atoms with Crippen molar-refractivity contribution in [3.63, 3.8) is 0 Å². The number of aliphatic hydroxyl groups excluding tert-OH is 1. The fraction of sp³-hybridized carbons (Fsp3) is 0.400. The Labute approximate surface area is 93.8 Å². The van der Waals surface area contributed by atoms with Crippen molar-refractivity contribution in [1.29, 1.82) is 0 Å². The van der Waals surface area contributed by atoms with Crippen molar-refractivity contribution in [2.45, 2.75) is 12.1 Å². The molecule has 0 saturated carbocycles. The molecule has 1 aromatic carbocycles. The Bertz CT molecular complexity index is 333. The predicted molar refractivity (Wildman–Crippen MR) is 60.0 cm³/mol. The van der Waals surface area contributed by atoms with Crippen LogP contribution in [0.2, 0.25) is 5.02 Å². The summed E-state index contributed by atoms with van der Waals surface area (Å²) in [6.45, 7) is -0.177. The standard InChI is InChI=1S/C10H15ClN2O2/c1-15-6-2-3-7(8(11)4-6)10(13)9(12)5-14/h2-4,9-10,14H,5,12-13H2,1H3. The van der Waals surface area contributed by atoms with E-state index in [9.17, 15) is 0 Å². The van der Waals surface area contributed by atoms with Crippen molar-refractivity contribution in [2.75, 3.05) is 13.7 Å². The molecule has 0 spiro atoms. The Kier molecular flexibility index (Phi) is 4.35. The van der Waals surface area contributed by atoms with Crippen LogP contribution in [0.15, 0.2) is 18.2 Å². The average molecular weight is 231 g/mol. The van der Waals surface area contributed by atoms with Crippen LogP contribution in [0.1, 0.15) is 11.6 Å². The van der Waals surface area contributed by atoms with Gasteiger partial charge in [0.1, 0.15) is 5.75 Å². The fourth-order valence-corrected chi connectivity index (χ4v) is 1.55. The van der Waals surface area contributed by atoms with E-state index in [1.54, 1.807) is 25.3 Å². The van der Waals surface area contributed by atoms with Gasteiger partial charge in [0, 0.05) is 17.1 Å². The van der Waals surface area contributed by atoms with Gasteiger partial charge in [-0.15, -0.1) is 0 Å². The molecule has 0 saturated heterocycles. The summed E-state index contributed by atoms with van der Waals surface area (Å²) < 4.78 is 5.01. The van der Waals surface area contributed by atoms with Crippen LogP contribution in [0.5, 0.6) is 5.75 Å². The number of methoxy groups -OCH3 is 1. The number of rotatable bonds is 4. The second kappa shape index (κ2) is 5.32. The number of nitrogens with two attached hydrogens (primary N) is 2. The van der Waals surface area contributed by atoms with E-state index in [0.29, 0.717) is 16.3 Å². The summed E-state index contributed by atoms with van der Waals surface area (Å²) in [7, 11) is 1.56. The highest BCUT2D eigenvalue weighted by molar-refractivity contribution is 6.31. The summed E-state index contributed by atoms with van der Waals surface area (Å²) in [6.07, 6.45) is 0. The van der Waals surface area contributed by atoms with E-state index in [4.69, 9.17) is 32.9 Å². The van der Waals surface area contributed by atoms with Gasteiger partial charge in [-0.2, -0.15) is 0 Å². The maximum Gasteiger partial charge on any atom is 0.120 e. The van der Waals surface area contributed by atoms with Crippen LogP contribution in [0.4, 0.5) is 0 Å². The summed E-state index contributed by atoms with van der Waals surface area (Å²) >= 11 is 6.01. The first-order chi connectivity index (χ1) is 7.10. The van der Waals surface area contributed by atoms with Gasteiger partial charge in [0.05, 0.1) is 13.7 Å². The van der Waals surface area contributed by atoms with Crippen LogP contribution in [0.25, 0.3) is 0 Å². The smallest absolute Gasteiger partial charge is 0.120 e. The van der Waals surface area contributed by atoms with Crippen molar-refractivity contribution >= 4 is 11.6 Å². The molecule has 84 valence electrons. The van der Waals surface area contributed by atoms with Crippen LogP contribution in [0.3, 0.4) is 0 Å². The molecule has 0 aliphatic carbocycles. The largest absolute Gasteiger partial charge is 0.497 e. The summed E-state index contributed by atoms with van der Waals surface area (Å²) in [5.74, 6) is 0.661. The van der Waals surface area contributed by atoms with Crippen LogP contribution in [-0.2, 0) is 0 Å². The fourth-order valence-electron chi connectivity index (χ4n) is 1.25. The van der Waals surface area contributed by atoms with Gasteiger partial charge in [-0.1, -0.05) is 17.7 Å². The van der Waals surface area contributed by atoms with Gasteiger partial charge in [-0.3, -0.25) is 0 Å². The molecule has 15 heavy (non-hydrogen) atoms. The third-order valence-electron chi connectivity index (χ3n) is 2.24. The minimum Gasteiger partial charge on any atom is -0.497 e. The highest BCUT2D eigenvalue weighted by Crippen LogP contribution is 2.27. The first kappa shape index (κ1) is 12.3. The number of ether oxygens (including phenoxy) is 1. The van der Waals surface area contributed by atoms with Crippen molar-refractivity contribution in [3.8, 4) is 5.75 Å². The topological polar surface area (TPSA) is 81.5 Å². The third-order valence-corrected chi connectivity index (χ3v) is 2.57. The zero-order valence-corrected chi connectivity index (χ0v) is 9.24. The minimum atomic E-state index is -0.518. The average Bonchev–Trinajstić information content (AvgIpc) is 2.26. The molecule has 0 radical (unpaired) electrons. The molecule has 0 aliphatic heterocycles. The highest BCUT2D eigenvalue weighted by Gasteiger charge is 2.17. The number of benzene rings is 1. The van der Waals surface area contributed by atoms with Crippen LogP contribution >= 0.6 is 11.6 Å². The lowest BCUT2D eigenvalue weighted by molar-refractivity contribution is 0.250. The first-order valence-electron chi connectivity index (χ1n) is 4.55. The summed E-state index contributed by atoms with van der Waals surface area (Å²) in [5, 5.41) is 9.38. The van der Waals surface area contributed by atoms with Crippen molar-refractivity contribution < 1.29 is 9.84 Å². The van der Waals surface area contributed by atoms with Gasteiger partial charge in [0.25, 0.3) is 0 Å². The monoisotopic (exact) mass is 230 g/mol. The Balaban J connectivity index is 2.95. The van der Waals surface area contributed by atoms with Crippen LogP contribution in [0, 0.1) is 0 Å². The van der Waals surface area contributed by atoms with E-state index >= 15 is 0 Å². The number of hydrogen-bond acceptors (Lipinski definition) is 4. The molecule has 0 bridgehead atoms. The van der Waals surface area contributed by atoms with E-state index in [1.807, 2.05) is 0 Å². The lowest BCUT2D eigenvalue weighted by atomic mass is 10.0. The van der Waals surface area contributed by atoms with Gasteiger partial charge in [0.2, 0.25) is 0 Å². The van der Waals surface area contributed by atoms with E-state index in [0.717, 1.165) is 0 Å². The Morgan fingerprint density at radius 3 is 2.60 bits per heavy atom. The Morgan fingerprint density at radius 2 is 2.13 bits per heavy atom. The Morgan fingerprint density at radius 1 is 1.47 bits per heavy atom. The summed E-state index contributed by atoms with van der Waals surface area (Å²) in [5.41, 5.74) is 12.2. The van der Waals surface area contributed by atoms with Crippen molar-refractivity contribution in [3.05, 3.63) is 28.8 Å². The molecule has 0 amide bonds. The number of aliphatic hydroxyl groups is 1. The van der Waals surface area contributed by atoms with E-state index in [2.05, 4.69) is 0 Å². The van der Waals surface area contributed by atoms with Gasteiger partial charge in [-0.25, -0.2) is 0 Å². The number of hydrogen-bond donors (Lipinski definition) is 3. The van der Waals surface area contributed by atoms with Gasteiger partial charge >= 0.3 is 0 Å². The molecule has 0 aromatic heterocycles. The third kappa shape index (κ3) is 2.82. The lowest BCUT2D eigenvalue weighted by Gasteiger charge is -2.19. The van der Waals surface area contributed by atoms with Crippen LogP contribution in [-0.4, -0.2) is 24.9 Å². The molecule has 0 heterocycles. The van der Waals surface area contributed by atoms with Gasteiger partial charge in [-0.05, 0) is 17.7 Å². The molecule has 2 unspecified atom stereocenters. The zero-order valence-electron chi connectivity index (χ0n) is 8.48. The normalized spacial score (nSPS) is 14.7. The molecular formula is C10H15ClN2O2. The maximum atomic E-state index is 8.89. The van der Waals surface area contributed by atoms with Gasteiger partial charge in [0.15, 0.2) is 0 Å². The maximum absolute atomic E-state index is 8.89. The zero-order chi connectivity index (χ0) is 11.4. The van der Waals surface area contributed by atoms with E-state index in [1.165, 1.54) is 0 Å². The SMILES string of the molecule is COc1ccc(C(N)C(N)CO)c(Cl)c1. The molecule has 1 aromatic rings. The summed E-state index contributed by atoms with van der Waals surface area (Å²) in [6, 6.07) is 4.18. The molecule has 4 nitrogen and oxygen atoms in total.